The van der Waals surface area contributed by atoms with Crippen molar-refractivity contribution in [3.8, 4) is 10.6 Å². The number of halogens is 1. The Morgan fingerprint density at radius 3 is 2.62 bits per heavy atom. The van der Waals surface area contributed by atoms with Gasteiger partial charge in [0.1, 0.15) is 30.2 Å². The van der Waals surface area contributed by atoms with Gasteiger partial charge in [-0.25, -0.2) is 9.78 Å². The van der Waals surface area contributed by atoms with E-state index in [4.69, 9.17) is 30.2 Å². The summed E-state index contributed by atoms with van der Waals surface area (Å²) in [7, 11) is 0. The normalized spacial score (nSPS) is 22.9. The number of aliphatic hydroxyl groups excluding tert-OH is 3. The van der Waals surface area contributed by atoms with Crippen LogP contribution in [0.3, 0.4) is 0 Å². The molecule has 0 aliphatic carbocycles. The zero-order chi connectivity index (χ0) is 27.4. The zero-order valence-corrected chi connectivity index (χ0v) is 22.1. The highest BCUT2D eigenvalue weighted by Crippen LogP contribution is 2.36. The first-order valence-corrected chi connectivity index (χ1v) is 13.4. The van der Waals surface area contributed by atoms with Crippen LogP contribution in [0.5, 0.6) is 0 Å². The van der Waals surface area contributed by atoms with E-state index in [1.165, 1.54) is 11.3 Å². The number of aromatic nitrogens is 1. The summed E-state index contributed by atoms with van der Waals surface area (Å²) in [6, 6.07) is 18.1. The van der Waals surface area contributed by atoms with Crippen LogP contribution in [0.1, 0.15) is 27.8 Å². The van der Waals surface area contributed by atoms with E-state index >= 15 is 0 Å². The molecule has 0 spiro atoms. The third-order valence-electron chi connectivity index (χ3n) is 6.29. The third-order valence-corrected chi connectivity index (χ3v) is 7.67. The van der Waals surface area contributed by atoms with Crippen LogP contribution in [0.15, 0.2) is 77.5 Å². The molecule has 5 atom stereocenters. The van der Waals surface area contributed by atoms with Crippen LogP contribution in [0.2, 0.25) is 5.02 Å². The number of aliphatic hydroxyl groups is 3. The topological polar surface area (TPSA) is 131 Å². The lowest BCUT2D eigenvalue weighted by Crippen LogP contribution is -2.55. The molecular weight excluding hydrogens is 546 g/mol. The van der Waals surface area contributed by atoms with Crippen LogP contribution in [0, 0.1) is 0 Å². The molecule has 1 aliphatic rings. The first-order valence-electron chi connectivity index (χ1n) is 12.2. The molecule has 11 heteroatoms. The van der Waals surface area contributed by atoms with Gasteiger partial charge in [-0.2, -0.15) is 0 Å². The Labute approximate surface area is 233 Å². The van der Waals surface area contributed by atoms with Gasteiger partial charge in [0.25, 0.3) is 0 Å². The van der Waals surface area contributed by atoms with Crippen LogP contribution in [-0.2, 0) is 27.1 Å². The van der Waals surface area contributed by atoms with Gasteiger partial charge in [0.2, 0.25) is 6.29 Å². The van der Waals surface area contributed by atoms with Gasteiger partial charge < -0.3 is 33.9 Å². The fourth-order valence-electron chi connectivity index (χ4n) is 4.24. The van der Waals surface area contributed by atoms with Gasteiger partial charge in [-0.1, -0.05) is 54.1 Å². The average molecular weight is 572 g/mol. The third kappa shape index (κ3) is 6.50. The average Bonchev–Trinajstić information content (AvgIpc) is 3.64. The van der Waals surface area contributed by atoms with E-state index in [0.29, 0.717) is 29.0 Å². The molecule has 5 rings (SSSR count). The van der Waals surface area contributed by atoms with Gasteiger partial charge in [-0.3, -0.25) is 0 Å². The van der Waals surface area contributed by atoms with E-state index in [9.17, 15) is 20.1 Å². The van der Waals surface area contributed by atoms with Crippen molar-refractivity contribution in [2.75, 3.05) is 6.61 Å². The van der Waals surface area contributed by atoms with Crippen LogP contribution >= 0.6 is 22.9 Å². The Bertz CT molecular complexity index is 1380. The number of carbonyl (C=O) groups excluding carboxylic acids is 1. The molecule has 4 aromatic rings. The summed E-state index contributed by atoms with van der Waals surface area (Å²) in [6.45, 7) is 0.0548. The summed E-state index contributed by atoms with van der Waals surface area (Å²) in [5.74, 6) is 0.717. The fourth-order valence-corrected chi connectivity index (χ4v) is 5.33. The number of hydrogen-bond donors (Lipinski definition) is 3. The summed E-state index contributed by atoms with van der Waals surface area (Å²) in [4.78, 5) is 17.6. The first kappa shape index (κ1) is 27.3. The predicted octanol–water partition coefficient (Wildman–Crippen LogP) is 4.52. The van der Waals surface area contributed by atoms with Crippen LogP contribution in [0.25, 0.3) is 10.6 Å². The van der Waals surface area contributed by atoms with E-state index in [2.05, 4.69) is 4.98 Å². The Hall–Kier alpha value is -3.25. The highest BCUT2D eigenvalue weighted by Gasteiger charge is 2.46. The predicted molar refractivity (Wildman–Crippen MR) is 142 cm³/mol. The number of rotatable bonds is 8. The number of benzene rings is 2. The molecule has 1 aliphatic heterocycles. The summed E-state index contributed by atoms with van der Waals surface area (Å²) in [5, 5.41) is 32.8. The monoisotopic (exact) mass is 571 g/mol. The van der Waals surface area contributed by atoms with Gasteiger partial charge in [0.15, 0.2) is 0 Å². The zero-order valence-electron chi connectivity index (χ0n) is 20.6. The maximum Gasteiger partial charge on any atom is 0.510 e. The van der Waals surface area contributed by atoms with E-state index in [1.54, 1.807) is 36.7 Å². The highest BCUT2D eigenvalue weighted by atomic mass is 35.5. The minimum atomic E-state index is -1.68. The first-order chi connectivity index (χ1) is 18.9. The molecule has 3 N–H and O–H groups in total. The minimum Gasteiger partial charge on any atom is -0.463 e. The lowest BCUT2D eigenvalue weighted by atomic mass is 9.92. The molecule has 39 heavy (non-hydrogen) atoms. The molecular formula is C28H26ClNO8S. The van der Waals surface area contributed by atoms with E-state index in [0.717, 1.165) is 21.2 Å². The molecule has 0 saturated carbocycles. The largest absolute Gasteiger partial charge is 0.510 e. The quantitative estimate of drug-likeness (QED) is 0.261. The molecule has 2 aromatic carbocycles. The van der Waals surface area contributed by atoms with E-state index in [1.807, 2.05) is 36.4 Å². The fraction of sp³-hybridized carbons (Fsp3) is 0.286. The summed E-state index contributed by atoms with van der Waals surface area (Å²) < 4.78 is 21.4. The maximum absolute atomic E-state index is 12.3. The van der Waals surface area contributed by atoms with Crippen molar-refractivity contribution in [3.05, 3.63) is 99.8 Å². The molecule has 2 aromatic heterocycles. The van der Waals surface area contributed by atoms with Crippen molar-refractivity contribution in [2.24, 2.45) is 0 Å². The second-order valence-electron chi connectivity index (χ2n) is 8.97. The van der Waals surface area contributed by atoms with E-state index in [-0.39, 0.29) is 6.61 Å². The van der Waals surface area contributed by atoms with Crippen molar-refractivity contribution in [1.82, 2.24) is 4.98 Å². The Kier molecular flexibility index (Phi) is 8.61. The lowest BCUT2D eigenvalue weighted by molar-refractivity contribution is -0.286. The van der Waals surface area contributed by atoms with Gasteiger partial charge in [-0.05, 0) is 34.9 Å². The molecule has 0 bridgehead atoms. The van der Waals surface area contributed by atoms with E-state index < -0.39 is 36.9 Å². The number of carbonyl (C=O) groups is 1. The van der Waals surface area contributed by atoms with Crippen molar-refractivity contribution in [1.29, 1.82) is 0 Å². The Morgan fingerprint density at radius 2 is 1.85 bits per heavy atom. The molecule has 204 valence electrons. The molecule has 1 fully saturated rings. The van der Waals surface area contributed by atoms with Crippen molar-refractivity contribution in [3.63, 3.8) is 0 Å². The molecule has 0 radical (unpaired) electrons. The van der Waals surface area contributed by atoms with Crippen LogP contribution < -0.4 is 0 Å². The molecule has 1 saturated heterocycles. The lowest BCUT2D eigenvalue weighted by Gasteiger charge is -2.39. The number of ether oxygens (including phenoxy) is 3. The molecule has 0 unspecified atom stereocenters. The highest BCUT2D eigenvalue weighted by molar-refractivity contribution is 7.15. The maximum atomic E-state index is 12.3. The smallest absolute Gasteiger partial charge is 0.463 e. The number of thiazole rings is 1. The Balaban J connectivity index is 1.25. The standard InChI is InChI=1S/C28H26ClNO8S/c29-19-9-8-17(13-18(19)14-22-30-15-21(39-22)20-7-4-11-35-20)26-24(32)23(31)25(33)27(37-26)38-28(34)36-12-10-16-5-2-1-3-6-16/h1-9,11,13,15,23-27,31-33H,10,12,14H2/t23-,24-,25+,26+,27-/m1/s1. The van der Waals surface area contributed by atoms with Crippen molar-refractivity contribution < 1.29 is 38.7 Å². The number of furan rings is 1. The summed E-state index contributed by atoms with van der Waals surface area (Å²) in [5.41, 5.74) is 2.16. The molecule has 0 amide bonds. The number of nitrogens with zero attached hydrogens (tertiary/aromatic N) is 1. The van der Waals surface area contributed by atoms with Crippen molar-refractivity contribution >= 4 is 29.1 Å². The molecule has 3 heterocycles. The Morgan fingerprint density at radius 1 is 1.03 bits per heavy atom. The minimum absolute atomic E-state index is 0.0548. The van der Waals surface area contributed by atoms with Gasteiger partial charge in [-0.15, -0.1) is 11.3 Å². The van der Waals surface area contributed by atoms with Crippen molar-refractivity contribution in [2.45, 2.75) is 43.5 Å². The van der Waals surface area contributed by atoms with Gasteiger partial charge >= 0.3 is 6.16 Å². The number of hydrogen-bond acceptors (Lipinski definition) is 10. The van der Waals surface area contributed by atoms with Gasteiger partial charge in [0.05, 0.1) is 22.8 Å². The molecule has 9 nitrogen and oxygen atoms in total. The summed E-state index contributed by atoms with van der Waals surface area (Å²) in [6.07, 6.45) is -4.36. The van der Waals surface area contributed by atoms with Crippen LogP contribution in [-0.4, -0.2) is 57.7 Å². The second-order valence-corrected chi connectivity index (χ2v) is 10.5. The van der Waals surface area contributed by atoms with Crippen LogP contribution in [0.4, 0.5) is 4.79 Å². The summed E-state index contributed by atoms with van der Waals surface area (Å²) >= 11 is 7.91. The second kappa shape index (κ2) is 12.3. The van der Waals surface area contributed by atoms with Gasteiger partial charge in [0, 0.05) is 24.1 Å². The SMILES string of the molecule is O=C(OCCc1ccccc1)O[C@H]1O[C@@H](c2ccc(Cl)c(Cc3ncc(-c4ccco4)s3)c2)[C@H](O)[C@@H](O)[C@@H]1O.